The van der Waals surface area contributed by atoms with E-state index in [1.54, 1.807) is 18.0 Å². The summed E-state index contributed by atoms with van der Waals surface area (Å²) < 4.78 is 12.8. The van der Waals surface area contributed by atoms with E-state index < -0.39 is 0 Å². The summed E-state index contributed by atoms with van der Waals surface area (Å²) >= 11 is 0. The Morgan fingerprint density at radius 2 is 2.00 bits per heavy atom. The van der Waals surface area contributed by atoms with Gasteiger partial charge in [0.1, 0.15) is 5.75 Å². The molecule has 1 N–H and O–H groups in total. The van der Waals surface area contributed by atoms with Gasteiger partial charge in [-0.15, -0.1) is 0 Å². The number of para-hydroxylation sites is 2. The normalized spacial score (nSPS) is 15.5. The minimum Gasteiger partial charge on any atom is -0.493 e. The molecule has 1 atom stereocenters. The molecule has 1 amide bonds. The number of nitrogens with zero attached hydrogens (tertiary/aromatic N) is 2. The molecule has 6 heteroatoms. The second kappa shape index (κ2) is 8.27. The van der Waals surface area contributed by atoms with E-state index >= 15 is 0 Å². The zero-order valence-corrected chi connectivity index (χ0v) is 15.8. The van der Waals surface area contributed by atoms with E-state index in [0.29, 0.717) is 25.3 Å². The van der Waals surface area contributed by atoms with Crippen LogP contribution in [-0.4, -0.2) is 35.9 Å². The van der Waals surface area contributed by atoms with Crippen molar-refractivity contribution in [1.82, 2.24) is 15.1 Å². The average molecular weight is 377 g/mol. The Morgan fingerprint density at radius 1 is 1.21 bits per heavy atom. The minimum absolute atomic E-state index is 0.141. The maximum atomic E-state index is 12.9. The average Bonchev–Trinajstić information content (AvgIpc) is 3.16. The van der Waals surface area contributed by atoms with Gasteiger partial charge in [-0.3, -0.25) is 4.79 Å². The lowest BCUT2D eigenvalue weighted by molar-refractivity contribution is 0.0943. The van der Waals surface area contributed by atoms with E-state index in [0.717, 1.165) is 29.1 Å². The summed E-state index contributed by atoms with van der Waals surface area (Å²) in [6.45, 7) is 1.53. The maximum absolute atomic E-state index is 12.9. The molecule has 3 aromatic rings. The molecule has 28 heavy (non-hydrogen) atoms. The second-order valence-electron chi connectivity index (χ2n) is 6.77. The predicted octanol–water partition coefficient (Wildman–Crippen LogP) is 3.31. The standard InChI is InChI=1S/C22H23N3O3/c1-27-15-20-19(14-24-25(20)17-7-3-2-4-8-17)22(26)23-13-16-11-12-28-21-10-6-5-9-18(16)21/h2-10,14,16H,11-13,15H2,1H3,(H,23,26). The number of amides is 1. The predicted molar refractivity (Wildman–Crippen MR) is 106 cm³/mol. The third-order valence-corrected chi connectivity index (χ3v) is 4.99. The molecule has 1 aliphatic heterocycles. The number of hydrogen-bond donors (Lipinski definition) is 1. The van der Waals surface area contributed by atoms with E-state index in [1.165, 1.54) is 0 Å². The number of hydrogen-bond acceptors (Lipinski definition) is 4. The molecule has 0 radical (unpaired) electrons. The molecular formula is C22H23N3O3. The van der Waals surface area contributed by atoms with Crippen LogP contribution >= 0.6 is 0 Å². The molecule has 0 fully saturated rings. The first-order valence-corrected chi connectivity index (χ1v) is 9.39. The van der Waals surface area contributed by atoms with Gasteiger partial charge in [-0.2, -0.15) is 5.10 Å². The van der Waals surface area contributed by atoms with Crippen LogP contribution in [0.2, 0.25) is 0 Å². The van der Waals surface area contributed by atoms with Crippen molar-refractivity contribution >= 4 is 5.91 Å². The fourth-order valence-corrected chi connectivity index (χ4v) is 3.57. The van der Waals surface area contributed by atoms with E-state index in [1.807, 2.05) is 48.5 Å². The van der Waals surface area contributed by atoms with Gasteiger partial charge in [-0.05, 0) is 30.2 Å². The minimum atomic E-state index is -0.141. The SMILES string of the molecule is COCc1c(C(=O)NCC2CCOc3ccccc32)cnn1-c1ccccc1. The van der Waals surface area contributed by atoms with Gasteiger partial charge in [0.05, 0.1) is 36.4 Å². The quantitative estimate of drug-likeness (QED) is 0.716. The van der Waals surface area contributed by atoms with Gasteiger partial charge in [-0.1, -0.05) is 36.4 Å². The Morgan fingerprint density at radius 3 is 2.82 bits per heavy atom. The van der Waals surface area contributed by atoms with Crippen molar-refractivity contribution in [2.24, 2.45) is 0 Å². The smallest absolute Gasteiger partial charge is 0.254 e. The van der Waals surface area contributed by atoms with Crippen molar-refractivity contribution in [1.29, 1.82) is 0 Å². The van der Waals surface area contributed by atoms with Gasteiger partial charge in [0.15, 0.2) is 0 Å². The van der Waals surface area contributed by atoms with Gasteiger partial charge in [0.2, 0.25) is 0 Å². The third-order valence-electron chi connectivity index (χ3n) is 4.99. The van der Waals surface area contributed by atoms with Crippen molar-refractivity contribution in [2.45, 2.75) is 18.9 Å². The van der Waals surface area contributed by atoms with Crippen molar-refractivity contribution in [3.8, 4) is 11.4 Å². The summed E-state index contributed by atoms with van der Waals surface area (Å²) in [5, 5.41) is 7.48. The number of carbonyl (C=O) groups is 1. The highest BCUT2D eigenvalue weighted by Crippen LogP contribution is 2.32. The van der Waals surface area contributed by atoms with Gasteiger partial charge < -0.3 is 14.8 Å². The number of aromatic nitrogens is 2. The second-order valence-corrected chi connectivity index (χ2v) is 6.77. The Bertz CT molecular complexity index is 953. The lowest BCUT2D eigenvalue weighted by Crippen LogP contribution is -2.31. The number of ether oxygens (including phenoxy) is 2. The summed E-state index contributed by atoms with van der Waals surface area (Å²) in [6.07, 6.45) is 2.49. The molecule has 0 spiro atoms. The fraction of sp³-hybridized carbons (Fsp3) is 0.273. The van der Waals surface area contributed by atoms with Gasteiger partial charge in [0, 0.05) is 19.6 Å². The molecule has 144 valence electrons. The highest BCUT2D eigenvalue weighted by Gasteiger charge is 2.23. The lowest BCUT2D eigenvalue weighted by atomic mass is 9.93. The third kappa shape index (κ3) is 3.64. The van der Waals surface area contributed by atoms with Crippen LogP contribution in [0.15, 0.2) is 60.8 Å². The zero-order valence-electron chi connectivity index (χ0n) is 15.8. The summed E-state index contributed by atoms with van der Waals surface area (Å²) in [7, 11) is 1.61. The first-order chi connectivity index (χ1) is 13.8. The maximum Gasteiger partial charge on any atom is 0.254 e. The van der Waals surface area contributed by atoms with Crippen LogP contribution < -0.4 is 10.1 Å². The monoisotopic (exact) mass is 377 g/mol. The molecule has 1 unspecified atom stereocenters. The number of nitrogens with one attached hydrogen (secondary N) is 1. The molecule has 0 saturated heterocycles. The van der Waals surface area contributed by atoms with Crippen LogP contribution in [0, 0.1) is 0 Å². The van der Waals surface area contributed by atoms with Crippen molar-refractivity contribution in [3.63, 3.8) is 0 Å². The molecule has 4 rings (SSSR count). The van der Waals surface area contributed by atoms with Crippen molar-refractivity contribution in [2.75, 3.05) is 20.3 Å². The van der Waals surface area contributed by atoms with Crippen LogP contribution in [0.1, 0.15) is 34.0 Å². The Kier molecular flexibility index (Phi) is 5.39. The van der Waals surface area contributed by atoms with Gasteiger partial charge >= 0.3 is 0 Å². The number of rotatable bonds is 6. The zero-order chi connectivity index (χ0) is 19.3. The molecule has 2 heterocycles. The van der Waals surface area contributed by atoms with Crippen LogP contribution in [0.5, 0.6) is 5.75 Å². The van der Waals surface area contributed by atoms with Crippen LogP contribution in [0.3, 0.4) is 0 Å². The van der Waals surface area contributed by atoms with E-state index in [-0.39, 0.29) is 11.8 Å². The number of fused-ring (bicyclic) bond motifs is 1. The van der Waals surface area contributed by atoms with Gasteiger partial charge in [-0.25, -0.2) is 4.68 Å². The van der Waals surface area contributed by atoms with E-state index in [2.05, 4.69) is 16.5 Å². The highest BCUT2D eigenvalue weighted by molar-refractivity contribution is 5.95. The Balaban J connectivity index is 1.52. The van der Waals surface area contributed by atoms with Gasteiger partial charge in [0.25, 0.3) is 5.91 Å². The Hall–Kier alpha value is -3.12. The molecule has 0 saturated carbocycles. The van der Waals surface area contributed by atoms with Crippen LogP contribution in [0.4, 0.5) is 0 Å². The number of benzene rings is 2. The largest absolute Gasteiger partial charge is 0.493 e. The summed E-state index contributed by atoms with van der Waals surface area (Å²) in [4.78, 5) is 12.9. The number of methoxy groups -OCH3 is 1. The van der Waals surface area contributed by atoms with Crippen molar-refractivity contribution < 1.29 is 14.3 Å². The molecule has 0 aliphatic carbocycles. The van der Waals surface area contributed by atoms with E-state index in [9.17, 15) is 4.79 Å². The summed E-state index contributed by atoms with van der Waals surface area (Å²) in [5.74, 6) is 1.01. The number of carbonyl (C=O) groups excluding carboxylic acids is 1. The molecule has 2 aromatic carbocycles. The summed E-state index contributed by atoms with van der Waals surface area (Å²) in [5.41, 5.74) is 3.31. The molecule has 1 aliphatic rings. The lowest BCUT2D eigenvalue weighted by Gasteiger charge is -2.26. The molecule has 6 nitrogen and oxygen atoms in total. The molecule has 0 bridgehead atoms. The van der Waals surface area contributed by atoms with Crippen LogP contribution in [-0.2, 0) is 11.3 Å². The Labute approximate surface area is 164 Å². The topological polar surface area (TPSA) is 65.4 Å². The molecular weight excluding hydrogens is 354 g/mol. The summed E-state index contributed by atoms with van der Waals surface area (Å²) in [6, 6.07) is 17.7. The first kappa shape index (κ1) is 18.3. The highest BCUT2D eigenvalue weighted by atomic mass is 16.5. The van der Waals surface area contributed by atoms with E-state index in [4.69, 9.17) is 9.47 Å². The van der Waals surface area contributed by atoms with Crippen LogP contribution in [0.25, 0.3) is 5.69 Å². The molecule has 1 aromatic heterocycles. The van der Waals surface area contributed by atoms with Crippen molar-refractivity contribution in [3.05, 3.63) is 77.6 Å². The first-order valence-electron chi connectivity index (χ1n) is 9.39. The fourth-order valence-electron chi connectivity index (χ4n) is 3.57.